The number of aromatic hydroxyl groups is 1. The number of halogens is 1. The Hall–Kier alpha value is -1.09. The van der Waals surface area contributed by atoms with Gasteiger partial charge < -0.3 is 5.11 Å². The summed E-state index contributed by atoms with van der Waals surface area (Å²) in [4.78, 5) is 2.43. The van der Waals surface area contributed by atoms with Crippen LogP contribution in [0.1, 0.15) is 44.6 Å². The van der Waals surface area contributed by atoms with E-state index in [1.165, 1.54) is 31.7 Å². The van der Waals surface area contributed by atoms with Crippen LogP contribution in [0, 0.1) is 5.82 Å². The van der Waals surface area contributed by atoms with Crippen LogP contribution in [0.3, 0.4) is 0 Å². The Morgan fingerprint density at radius 1 is 1.28 bits per heavy atom. The van der Waals surface area contributed by atoms with Gasteiger partial charge in [0.2, 0.25) is 0 Å². The monoisotopic (exact) mass is 251 g/mol. The number of phenolic OH excluding ortho intramolecular Hbond substituents is 1. The maximum Gasteiger partial charge on any atom is 0.127 e. The maximum atomic E-state index is 13.3. The standard InChI is InChI=1S/C15H22FNO/c1-2-14-6-4-3-5-7-17(14)11-12-8-13(16)10-15(18)9-12/h8-10,14,18H,2-7,11H2,1H3. The molecule has 0 amide bonds. The summed E-state index contributed by atoms with van der Waals surface area (Å²) in [5, 5.41) is 9.44. The highest BCUT2D eigenvalue weighted by Crippen LogP contribution is 2.23. The number of phenols is 1. The van der Waals surface area contributed by atoms with E-state index in [4.69, 9.17) is 0 Å². The molecule has 0 bridgehead atoms. The molecule has 2 rings (SSSR count). The first-order chi connectivity index (χ1) is 8.69. The second kappa shape index (κ2) is 6.19. The Morgan fingerprint density at radius 3 is 2.83 bits per heavy atom. The molecule has 1 aliphatic heterocycles. The van der Waals surface area contributed by atoms with E-state index in [-0.39, 0.29) is 11.6 Å². The maximum absolute atomic E-state index is 13.3. The van der Waals surface area contributed by atoms with E-state index in [0.29, 0.717) is 6.04 Å². The molecule has 18 heavy (non-hydrogen) atoms. The molecule has 0 aromatic heterocycles. The molecular weight excluding hydrogens is 229 g/mol. The first kappa shape index (κ1) is 13.3. The summed E-state index contributed by atoms with van der Waals surface area (Å²) in [6, 6.07) is 4.94. The lowest BCUT2D eigenvalue weighted by Gasteiger charge is -2.29. The van der Waals surface area contributed by atoms with Crippen molar-refractivity contribution >= 4 is 0 Å². The molecule has 0 spiro atoms. The highest BCUT2D eigenvalue weighted by atomic mass is 19.1. The highest BCUT2D eigenvalue weighted by molar-refractivity contribution is 5.28. The number of likely N-dealkylation sites (tertiary alicyclic amines) is 1. The lowest BCUT2D eigenvalue weighted by molar-refractivity contribution is 0.185. The number of benzene rings is 1. The largest absolute Gasteiger partial charge is 0.508 e. The van der Waals surface area contributed by atoms with Crippen molar-refractivity contribution in [1.82, 2.24) is 4.90 Å². The predicted molar refractivity (Wildman–Crippen MR) is 71.0 cm³/mol. The zero-order valence-corrected chi connectivity index (χ0v) is 11.0. The molecular formula is C15H22FNO. The molecule has 1 aliphatic rings. The van der Waals surface area contributed by atoms with E-state index in [1.807, 2.05) is 0 Å². The average molecular weight is 251 g/mol. The molecule has 3 heteroatoms. The van der Waals surface area contributed by atoms with Gasteiger partial charge in [0.05, 0.1) is 0 Å². The fourth-order valence-electron chi connectivity index (χ4n) is 2.87. The molecule has 1 heterocycles. The topological polar surface area (TPSA) is 23.5 Å². The van der Waals surface area contributed by atoms with Crippen LogP contribution in [-0.2, 0) is 6.54 Å². The minimum atomic E-state index is -0.354. The Kier molecular flexibility index (Phi) is 4.59. The molecule has 0 saturated carbocycles. The summed E-state index contributed by atoms with van der Waals surface area (Å²) in [5.41, 5.74) is 0.868. The Labute approximate surface area is 108 Å². The zero-order valence-electron chi connectivity index (χ0n) is 11.0. The van der Waals surface area contributed by atoms with Gasteiger partial charge in [0.15, 0.2) is 0 Å². The van der Waals surface area contributed by atoms with Crippen molar-refractivity contribution in [3.8, 4) is 5.75 Å². The second-order valence-corrected chi connectivity index (χ2v) is 5.20. The van der Waals surface area contributed by atoms with E-state index in [9.17, 15) is 9.50 Å². The van der Waals surface area contributed by atoms with Crippen molar-refractivity contribution in [2.45, 2.75) is 51.6 Å². The Bertz CT molecular complexity index is 374. The van der Waals surface area contributed by atoms with E-state index >= 15 is 0 Å². The van der Waals surface area contributed by atoms with Crippen molar-refractivity contribution < 1.29 is 9.50 Å². The second-order valence-electron chi connectivity index (χ2n) is 5.20. The molecule has 2 nitrogen and oxygen atoms in total. The fraction of sp³-hybridized carbons (Fsp3) is 0.600. The molecule has 0 aliphatic carbocycles. The molecule has 1 atom stereocenters. The van der Waals surface area contributed by atoms with Crippen LogP contribution in [0.4, 0.5) is 4.39 Å². The van der Waals surface area contributed by atoms with E-state index in [2.05, 4.69) is 11.8 Å². The summed E-state index contributed by atoms with van der Waals surface area (Å²) in [5.74, 6) is -0.333. The molecule has 1 fully saturated rings. The van der Waals surface area contributed by atoms with Gasteiger partial charge in [-0.2, -0.15) is 0 Å². The Balaban J connectivity index is 2.09. The molecule has 1 aromatic rings. The van der Waals surface area contributed by atoms with Gasteiger partial charge in [0, 0.05) is 18.7 Å². The van der Waals surface area contributed by atoms with Crippen molar-refractivity contribution in [2.75, 3.05) is 6.54 Å². The molecule has 0 radical (unpaired) electrons. The van der Waals surface area contributed by atoms with Gasteiger partial charge >= 0.3 is 0 Å². The van der Waals surface area contributed by atoms with Crippen molar-refractivity contribution in [2.24, 2.45) is 0 Å². The summed E-state index contributed by atoms with van der Waals surface area (Å²) >= 11 is 0. The summed E-state index contributed by atoms with van der Waals surface area (Å²) < 4.78 is 13.3. The average Bonchev–Trinajstić information content (AvgIpc) is 2.52. The molecule has 1 saturated heterocycles. The first-order valence-corrected chi connectivity index (χ1v) is 6.91. The molecule has 1 N–H and O–H groups in total. The number of hydrogen-bond donors (Lipinski definition) is 1. The lowest BCUT2D eigenvalue weighted by atomic mass is 10.1. The fourth-order valence-corrected chi connectivity index (χ4v) is 2.87. The van der Waals surface area contributed by atoms with Gasteiger partial charge in [-0.05, 0) is 43.5 Å². The summed E-state index contributed by atoms with van der Waals surface area (Å²) in [6.07, 6.45) is 6.18. The van der Waals surface area contributed by atoms with Gasteiger partial charge in [0.1, 0.15) is 11.6 Å². The number of hydrogen-bond acceptors (Lipinski definition) is 2. The van der Waals surface area contributed by atoms with Crippen molar-refractivity contribution in [3.63, 3.8) is 0 Å². The Morgan fingerprint density at radius 2 is 2.11 bits per heavy atom. The highest BCUT2D eigenvalue weighted by Gasteiger charge is 2.19. The first-order valence-electron chi connectivity index (χ1n) is 6.91. The van der Waals surface area contributed by atoms with E-state index < -0.39 is 0 Å². The van der Waals surface area contributed by atoms with Gasteiger partial charge in [-0.3, -0.25) is 4.90 Å². The van der Waals surface area contributed by atoms with Crippen molar-refractivity contribution in [1.29, 1.82) is 0 Å². The molecule has 1 aromatic carbocycles. The van der Waals surface area contributed by atoms with Crippen LogP contribution in [0.15, 0.2) is 18.2 Å². The van der Waals surface area contributed by atoms with E-state index in [1.54, 1.807) is 6.07 Å². The predicted octanol–water partition coefficient (Wildman–Crippen LogP) is 3.69. The van der Waals surface area contributed by atoms with Crippen LogP contribution < -0.4 is 0 Å². The van der Waals surface area contributed by atoms with Crippen LogP contribution in [0.25, 0.3) is 0 Å². The molecule has 1 unspecified atom stereocenters. The van der Waals surface area contributed by atoms with Crippen LogP contribution in [-0.4, -0.2) is 22.6 Å². The zero-order chi connectivity index (χ0) is 13.0. The number of nitrogens with zero attached hydrogens (tertiary/aromatic N) is 1. The smallest absolute Gasteiger partial charge is 0.127 e. The van der Waals surface area contributed by atoms with Gasteiger partial charge in [0.25, 0.3) is 0 Å². The summed E-state index contributed by atoms with van der Waals surface area (Å²) in [7, 11) is 0. The molecule has 100 valence electrons. The SMILES string of the molecule is CCC1CCCCCN1Cc1cc(O)cc(F)c1. The van der Waals surface area contributed by atoms with Crippen LogP contribution in [0.5, 0.6) is 5.75 Å². The van der Waals surface area contributed by atoms with Crippen LogP contribution in [0.2, 0.25) is 0 Å². The van der Waals surface area contributed by atoms with E-state index in [0.717, 1.165) is 31.1 Å². The van der Waals surface area contributed by atoms with Gasteiger partial charge in [-0.1, -0.05) is 19.8 Å². The number of rotatable bonds is 3. The summed E-state index contributed by atoms with van der Waals surface area (Å²) in [6.45, 7) is 4.03. The van der Waals surface area contributed by atoms with Gasteiger partial charge in [-0.25, -0.2) is 4.39 Å². The third-order valence-corrected chi connectivity index (χ3v) is 3.80. The minimum absolute atomic E-state index is 0.0212. The normalized spacial score (nSPS) is 21.8. The third kappa shape index (κ3) is 3.45. The quantitative estimate of drug-likeness (QED) is 0.885. The van der Waals surface area contributed by atoms with Crippen LogP contribution >= 0.6 is 0 Å². The third-order valence-electron chi connectivity index (χ3n) is 3.80. The lowest BCUT2D eigenvalue weighted by Crippen LogP contribution is -2.33. The van der Waals surface area contributed by atoms with Crippen molar-refractivity contribution in [3.05, 3.63) is 29.6 Å². The minimum Gasteiger partial charge on any atom is -0.508 e. The van der Waals surface area contributed by atoms with Gasteiger partial charge in [-0.15, -0.1) is 0 Å².